The van der Waals surface area contributed by atoms with Gasteiger partial charge in [-0.05, 0) is 48.4 Å². The number of halogens is 4. The Morgan fingerprint density at radius 3 is 2.56 bits per heavy atom. The second-order valence-electron chi connectivity index (χ2n) is 7.17. The summed E-state index contributed by atoms with van der Waals surface area (Å²) < 4.78 is 82.1. The number of nitrogens with one attached hydrogen (secondary N) is 2. The molecular weight excluding hydrogens is 474 g/mol. The number of alkyl halides is 1. The lowest BCUT2D eigenvalue weighted by molar-refractivity contribution is 0.484. The Morgan fingerprint density at radius 2 is 1.79 bits per heavy atom. The van der Waals surface area contributed by atoms with Crippen LogP contribution in [0, 0.1) is 17.6 Å². The van der Waals surface area contributed by atoms with E-state index in [2.05, 4.69) is 20.3 Å². The minimum absolute atomic E-state index is 0.00591. The Morgan fingerprint density at radius 1 is 0.971 bits per heavy atom. The summed E-state index contributed by atoms with van der Waals surface area (Å²) in [5.41, 5.74) is -0.121. The number of rotatable bonds is 8. The van der Waals surface area contributed by atoms with Crippen LogP contribution in [0.1, 0.15) is 6.42 Å². The van der Waals surface area contributed by atoms with Crippen LogP contribution in [0.2, 0.25) is 0 Å². The van der Waals surface area contributed by atoms with E-state index in [9.17, 15) is 21.6 Å². The van der Waals surface area contributed by atoms with Gasteiger partial charge >= 0.3 is 0 Å². The van der Waals surface area contributed by atoms with E-state index in [4.69, 9.17) is 0 Å². The molecule has 4 rings (SSSR count). The van der Waals surface area contributed by atoms with Crippen LogP contribution in [0.15, 0.2) is 55.0 Å². The highest BCUT2D eigenvalue weighted by Crippen LogP contribution is 2.33. The van der Waals surface area contributed by atoms with Crippen LogP contribution in [-0.2, 0) is 10.0 Å². The predicted molar refractivity (Wildman–Crippen MR) is 120 cm³/mol. The molecule has 7 nitrogen and oxygen atoms in total. The second-order valence-corrected chi connectivity index (χ2v) is 9.01. The van der Waals surface area contributed by atoms with Crippen molar-refractivity contribution in [1.82, 2.24) is 15.0 Å². The van der Waals surface area contributed by atoms with Crippen molar-refractivity contribution in [3.05, 3.63) is 72.6 Å². The number of nitrogens with zero attached hydrogens (tertiary/aromatic N) is 3. The van der Waals surface area contributed by atoms with E-state index in [0.717, 1.165) is 12.1 Å². The molecule has 176 valence electrons. The van der Waals surface area contributed by atoms with Crippen LogP contribution in [0.25, 0.3) is 22.0 Å². The van der Waals surface area contributed by atoms with Crippen molar-refractivity contribution in [1.29, 1.82) is 0 Å². The van der Waals surface area contributed by atoms with Crippen LogP contribution in [0.5, 0.6) is 0 Å². The van der Waals surface area contributed by atoms with E-state index in [0.29, 0.717) is 16.5 Å². The van der Waals surface area contributed by atoms with Crippen molar-refractivity contribution < 1.29 is 26.0 Å². The number of aromatic nitrogens is 3. The first kappa shape index (κ1) is 23.4. The summed E-state index contributed by atoms with van der Waals surface area (Å²) in [5, 5.41) is 2.87. The molecule has 2 aromatic carbocycles. The fraction of sp³-hybridized carbons (Fsp3) is 0.136. The van der Waals surface area contributed by atoms with Crippen LogP contribution >= 0.6 is 0 Å². The topological polar surface area (TPSA) is 96.9 Å². The molecule has 0 aliphatic rings. The highest BCUT2D eigenvalue weighted by Gasteiger charge is 2.20. The lowest BCUT2D eigenvalue weighted by Crippen LogP contribution is -2.18. The molecule has 0 spiro atoms. The van der Waals surface area contributed by atoms with Crippen molar-refractivity contribution >= 4 is 38.1 Å². The number of anilines is 3. The maximum atomic E-state index is 15.1. The van der Waals surface area contributed by atoms with E-state index in [1.165, 1.54) is 24.7 Å². The summed E-state index contributed by atoms with van der Waals surface area (Å²) in [7, 11) is -4.04. The second kappa shape index (κ2) is 9.59. The maximum Gasteiger partial charge on any atom is 0.232 e. The van der Waals surface area contributed by atoms with Gasteiger partial charge in [0.15, 0.2) is 5.82 Å². The molecule has 2 aromatic heterocycles. The van der Waals surface area contributed by atoms with Crippen molar-refractivity contribution in [2.24, 2.45) is 0 Å². The molecule has 4 aromatic rings. The number of benzene rings is 2. The summed E-state index contributed by atoms with van der Waals surface area (Å²) in [6, 6.07) is 9.63. The average Bonchev–Trinajstić information content (AvgIpc) is 2.82. The van der Waals surface area contributed by atoms with E-state index in [-0.39, 0.29) is 17.8 Å². The Kier molecular flexibility index (Phi) is 6.59. The normalized spacial score (nSPS) is 11.5. The van der Waals surface area contributed by atoms with Gasteiger partial charge in [0.2, 0.25) is 16.0 Å². The lowest BCUT2D eigenvalue weighted by Gasteiger charge is -2.14. The predicted octanol–water partition coefficient (Wildman–Crippen LogP) is 4.95. The third-order valence-electron chi connectivity index (χ3n) is 4.85. The van der Waals surface area contributed by atoms with Gasteiger partial charge < -0.3 is 5.32 Å². The molecule has 0 amide bonds. The van der Waals surface area contributed by atoms with Crippen LogP contribution in [0.4, 0.5) is 34.8 Å². The molecule has 0 aliphatic heterocycles. The van der Waals surface area contributed by atoms with Crippen LogP contribution < -0.4 is 10.0 Å². The van der Waals surface area contributed by atoms with Gasteiger partial charge in [0.25, 0.3) is 0 Å². The van der Waals surface area contributed by atoms with Crippen molar-refractivity contribution in [2.45, 2.75) is 6.42 Å². The Labute approximate surface area is 192 Å². The molecule has 2 heterocycles. The third-order valence-corrected chi connectivity index (χ3v) is 6.21. The number of fused-ring (bicyclic) bond motifs is 1. The van der Waals surface area contributed by atoms with E-state index in [1.807, 2.05) is 4.72 Å². The van der Waals surface area contributed by atoms with Gasteiger partial charge in [0.05, 0.1) is 23.6 Å². The minimum Gasteiger partial charge on any atom is -0.335 e. The molecule has 0 bridgehead atoms. The van der Waals surface area contributed by atoms with Crippen LogP contribution in [0.3, 0.4) is 0 Å². The molecule has 0 aliphatic carbocycles. The number of sulfonamides is 1. The maximum absolute atomic E-state index is 15.1. The SMILES string of the molecule is O=S(=O)(CCCF)Nc1ccc(F)c(Nc2ncnc3ccc(-c4cccnc4F)cc23)c1F. The Bertz CT molecular complexity index is 1470. The molecule has 0 atom stereocenters. The van der Waals surface area contributed by atoms with Gasteiger partial charge in [0, 0.05) is 17.1 Å². The summed E-state index contributed by atoms with van der Waals surface area (Å²) >= 11 is 0. The minimum atomic E-state index is -4.04. The molecular formula is C22H17F4N5O2S. The largest absolute Gasteiger partial charge is 0.335 e. The average molecular weight is 491 g/mol. The van der Waals surface area contributed by atoms with Gasteiger partial charge in [-0.15, -0.1) is 0 Å². The van der Waals surface area contributed by atoms with Gasteiger partial charge in [-0.2, -0.15) is 4.39 Å². The fourth-order valence-corrected chi connectivity index (χ4v) is 4.34. The zero-order chi connectivity index (χ0) is 24.3. The van der Waals surface area contributed by atoms with Crippen molar-refractivity contribution in [3.8, 4) is 11.1 Å². The summed E-state index contributed by atoms with van der Waals surface area (Å²) in [6.45, 7) is -0.856. The summed E-state index contributed by atoms with van der Waals surface area (Å²) in [6.07, 6.45) is 2.21. The number of hydrogen-bond donors (Lipinski definition) is 2. The summed E-state index contributed by atoms with van der Waals surface area (Å²) in [5.74, 6) is -3.48. The van der Waals surface area contributed by atoms with E-state index >= 15 is 4.39 Å². The molecule has 0 radical (unpaired) electrons. The lowest BCUT2D eigenvalue weighted by atomic mass is 10.0. The van der Waals surface area contributed by atoms with E-state index in [1.54, 1.807) is 18.2 Å². The smallest absolute Gasteiger partial charge is 0.232 e. The zero-order valence-electron chi connectivity index (χ0n) is 17.4. The fourth-order valence-electron chi connectivity index (χ4n) is 3.25. The molecule has 2 N–H and O–H groups in total. The zero-order valence-corrected chi connectivity index (χ0v) is 18.2. The molecule has 0 saturated heterocycles. The highest BCUT2D eigenvalue weighted by atomic mass is 32.2. The van der Waals surface area contributed by atoms with Gasteiger partial charge in [-0.25, -0.2) is 32.2 Å². The molecule has 34 heavy (non-hydrogen) atoms. The Balaban J connectivity index is 1.74. The standard InChI is InChI=1S/C22H17F4N5O2S/c23-8-2-10-34(32,33)31-18-7-5-16(24)20(19(18)25)30-22-15-11-13(4-6-17(15)28-12-29-22)14-3-1-9-27-21(14)26/h1,3-7,9,11-12,31H,2,8,10H2,(H,28,29,30). The summed E-state index contributed by atoms with van der Waals surface area (Å²) in [4.78, 5) is 11.8. The first-order valence-corrected chi connectivity index (χ1v) is 11.6. The van der Waals surface area contributed by atoms with Gasteiger partial charge in [0.1, 0.15) is 23.6 Å². The van der Waals surface area contributed by atoms with Gasteiger partial charge in [-0.1, -0.05) is 6.07 Å². The highest BCUT2D eigenvalue weighted by molar-refractivity contribution is 7.92. The molecule has 12 heteroatoms. The molecule has 0 unspecified atom stereocenters. The quantitative estimate of drug-likeness (QED) is 0.267. The van der Waals surface area contributed by atoms with Gasteiger partial charge in [-0.3, -0.25) is 9.11 Å². The molecule has 0 saturated carbocycles. The molecule has 0 fully saturated rings. The monoisotopic (exact) mass is 491 g/mol. The van der Waals surface area contributed by atoms with Crippen LogP contribution in [-0.4, -0.2) is 35.8 Å². The van der Waals surface area contributed by atoms with Crippen molar-refractivity contribution in [2.75, 3.05) is 22.5 Å². The third kappa shape index (κ3) is 4.91. The Hall–Kier alpha value is -3.80. The first-order valence-electron chi connectivity index (χ1n) is 9.96. The van der Waals surface area contributed by atoms with Crippen molar-refractivity contribution in [3.63, 3.8) is 0 Å². The number of pyridine rings is 1. The first-order chi connectivity index (χ1) is 16.3. The number of hydrogen-bond acceptors (Lipinski definition) is 6. The van der Waals surface area contributed by atoms with E-state index < -0.39 is 51.4 Å².